The number of likely N-dealkylation sites (tertiary alicyclic amines) is 1. The first kappa shape index (κ1) is 13.2. The van der Waals surface area contributed by atoms with Gasteiger partial charge in [0.25, 0.3) is 0 Å². The fraction of sp³-hybridized carbons (Fsp3) is 0.462. The van der Waals surface area contributed by atoms with E-state index in [0.29, 0.717) is 24.5 Å². The first-order chi connectivity index (χ1) is 8.40. The molecule has 1 aromatic rings. The van der Waals surface area contributed by atoms with E-state index in [-0.39, 0.29) is 5.75 Å². The lowest BCUT2D eigenvalue weighted by Gasteiger charge is -2.20. The minimum atomic E-state index is -0.764. The molecule has 1 fully saturated rings. The first-order valence-corrected chi connectivity index (χ1v) is 6.22. The third kappa shape index (κ3) is 2.60. The summed E-state index contributed by atoms with van der Waals surface area (Å²) in [5, 5.41) is 19.5. The minimum absolute atomic E-state index is 0.198. The van der Waals surface area contributed by atoms with Gasteiger partial charge in [-0.3, -0.25) is 9.69 Å². The van der Waals surface area contributed by atoms with Crippen LogP contribution in [0, 0.1) is 5.41 Å². The van der Waals surface area contributed by atoms with E-state index in [2.05, 4.69) is 0 Å². The summed E-state index contributed by atoms with van der Waals surface area (Å²) in [6.07, 6.45) is 0.629. The van der Waals surface area contributed by atoms with Crippen LogP contribution in [0.3, 0.4) is 0 Å². The number of benzene rings is 1. The molecule has 1 aliphatic heterocycles. The van der Waals surface area contributed by atoms with E-state index in [1.54, 1.807) is 25.1 Å². The second-order valence-corrected chi connectivity index (χ2v) is 5.54. The zero-order valence-electron chi connectivity index (χ0n) is 10.2. The topological polar surface area (TPSA) is 60.8 Å². The Balaban J connectivity index is 2.08. The normalized spacial score (nSPS) is 24.3. The van der Waals surface area contributed by atoms with Crippen LogP contribution in [0.1, 0.15) is 18.9 Å². The van der Waals surface area contributed by atoms with Crippen LogP contribution in [0.25, 0.3) is 0 Å². The van der Waals surface area contributed by atoms with Gasteiger partial charge in [-0.05, 0) is 38.1 Å². The molecule has 1 atom stereocenters. The van der Waals surface area contributed by atoms with Crippen molar-refractivity contribution >= 4 is 17.6 Å². The number of carboxylic acids is 1. The number of aromatic hydroxyl groups is 1. The summed E-state index contributed by atoms with van der Waals surface area (Å²) in [6.45, 7) is 3.49. The van der Waals surface area contributed by atoms with E-state index in [1.807, 2.05) is 4.90 Å². The van der Waals surface area contributed by atoms with Crippen molar-refractivity contribution in [3.8, 4) is 5.75 Å². The van der Waals surface area contributed by atoms with Crippen LogP contribution in [0.15, 0.2) is 18.2 Å². The molecule has 0 amide bonds. The number of rotatable bonds is 3. The second kappa shape index (κ2) is 4.78. The fourth-order valence-corrected chi connectivity index (χ4v) is 2.48. The van der Waals surface area contributed by atoms with Gasteiger partial charge in [-0.25, -0.2) is 0 Å². The van der Waals surface area contributed by atoms with Crippen molar-refractivity contribution in [3.05, 3.63) is 28.8 Å². The van der Waals surface area contributed by atoms with Gasteiger partial charge in [-0.15, -0.1) is 0 Å². The maximum atomic E-state index is 11.1. The number of carbonyl (C=O) groups is 1. The predicted molar refractivity (Wildman–Crippen MR) is 68.8 cm³/mol. The standard InChI is InChI=1S/C13H16ClNO3/c1-13(12(17)18)4-5-15(8-13)7-9-6-10(14)2-3-11(9)16/h2-3,6,16H,4-5,7-8H2,1H3,(H,17,18). The number of nitrogens with zero attached hydrogens (tertiary/aromatic N) is 1. The molecule has 5 heteroatoms. The Morgan fingerprint density at radius 1 is 1.56 bits per heavy atom. The van der Waals surface area contributed by atoms with E-state index in [9.17, 15) is 9.90 Å². The number of phenols is 1. The molecule has 0 aliphatic carbocycles. The molecule has 2 rings (SSSR count). The zero-order valence-corrected chi connectivity index (χ0v) is 10.9. The van der Waals surface area contributed by atoms with Crippen molar-refractivity contribution in [1.82, 2.24) is 4.90 Å². The number of aliphatic carboxylic acids is 1. The number of hydrogen-bond donors (Lipinski definition) is 2. The Hall–Kier alpha value is -1.26. The highest BCUT2D eigenvalue weighted by atomic mass is 35.5. The van der Waals surface area contributed by atoms with E-state index < -0.39 is 11.4 Å². The number of carboxylic acid groups (broad SMARTS) is 1. The molecule has 2 N–H and O–H groups in total. The lowest BCUT2D eigenvalue weighted by molar-refractivity contribution is -0.147. The molecule has 0 aromatic heterocycles. The molecule has 1 saturated heterocycles. The van der Waals surface area contributed by atoms with Crippen LogP contribution in [-0.4, -0.2) is 34.2 Å². The maximum absolute atomic E-state index is 11.1. The average Bonchev–Trinajstić information content (AvgIpc) is 2.67. The molecule has 1 aliphatic rings. The van der Waals surface area contributed by atoms with Gasteiger partial charge in [0.1, 0.15) is 5.75 Å². The molecule has 1 unspecified atom stereocenters. The van der Waals surface area contributed by atoms with Gasteiger partial charge in [0.2, 0.25) is 0 Å². The van der Waals surface area contributed by atoms with Gasteiger partial charge in [0.15, 0.2) is 0 Å². The highest BCUT2D eigenvalue weighted by Gasteiger charge is 2.40. The van der Waals surface area contributed by atoms with Gasteiger partial charge in [-0.1, -0.05) is 11.6 Å². The predicted octanol–water partition coefficient (Wildman–Crippen LogP) is 2.34. The Labute approximate surface area is 111 Å². The molecule has 4 nitrogen and oxygen atoms in total. The molecule has 0 saturated carbocycles. The lowest BCUT2D eigenvalue weighted by atomic mass is 9.90. The summed E-state index contributed by atoms with van der Waals surface area (Å²) in [4.78, 5) is 13.2. The van der Waals surface area contributed by atoms with Crippen molar-refractivity contribution in [3.63, 3.8) is 0 Å². The van der Waals surface area contributed by atoms with E-state index in [4.69, 9.17) is 16.7 Å². The summed E-state index contributed by atoms with van der Waals surface area (Å²) in [7, 11) is 0. The summed E-state index contributed by atoms with van der Waals surface area (Å²) in [5.41, 5.74) is 0.0471. The van der Waals surface area contributed by atoms with Crippen LogP contribution in [0.2, 0.25) is 5.02 Å². The van der Waals surface area contributed by atoms with Crippen molar-refractivity contribution in [2.75, 3.05) is 13.1 Å². The summed E-state index contributed by atoms with van der Waals surface area (Å²) < 4.78 is 0. The van der Waals surface area contributed by atoms with Crippen molar-refractivity contribution in [2.45, 2.75) is 19.9 Å². The fourth-order valence-electron chi connectivity index (χ4n) is 2.29. The van der Waals surface area contributed by atoms with E-state index in [0.717, 1.165) is 12.1 Å². The zero-order chi connectivity index (χ0) is 13.3. The number of phenolic OH excluding ortho intramolecular Hbond substituents is 1. The summed E-state index contributed by atoms with van der Waals surface area (Å²) >= 11 is 5.89. The number of halogens is 1. The third-order valence-electron chi connectivity index (χ3n) is 3.50. The van der Waals surface area contributed by atoms with Gasteiger partial charge < -0.3 is 10.2 Å². The van der Waals surface area contributed by atoms with Crippen LogP contribution in [-0.2, 0) is 11.3 Å². The van der Waals surface area contributed by atoms with Crippen molar-refractivity contribution < 1.29 is 15.0 Å². The largest absolute Gasteiger partial charge is 0.508 e. The summed E-state index contributed by atoms with van der Waals surface area (Å²) in [5.74, 6) is -0.566. The molecule has 18 heavy (non-hydrogen) atoms. The molecular weight excluding hydrogens is 254 g/mol. The Morgan fingerprint density at radius 2 is 2.28 bits per heavy atom. The molecule has 1 heterocycles. The van der Waals surface area contributed by atoms with Crippen LogP contribution in [0.4, 0.5) is 0 Å². The SMILES string of the molecule is CC1(C(=O)O)CCN(Cc2cc(Cl)ccc2O)C1. The van der Waals surface area contributed by atoms with E-state index >= 15 is 0 Å². The van der Waals surface area contributed by atoms with Crippen LogP contribution in [0.5, 0.6) is 5.75 Å². The van der Waals surface area contributed by atoms with Gasteiger partial charge >= 0.3 is 5.97 Å². The van der Waals surface area contributed by atoms with Gasteiger partial charge in [0, 0.05) is 23.7 Å². The Bertz CT molecular complexity index is 477. The first-order valence-electron chi connectivity index (χ1n) is 5.84. The monoisotopic (exact) mass is 269 g/mol. The third-order valence-corrected chi connectivity index (χ3v) is 3.74. The highest BCUT2D eigenvalue weighted by molar-refractivity contribution is 6.30. The molecule has 1 aromatic carbocycles. The Kier molecular flexibility index (Phi) is 3.50. The van der Waals surface area contributed by atoms with Gasteiger partial charge in [-0.2, -0.15) is 0 Å². The molecule has 98 valence electrons. The van der Waals surface area contributed by atoms with E-state index in [1.165, 1.54) is 0 Å². The number of hydrogen-bond acceptors (Lipinski definition) is 3. The smallest absolute Gasteiger partial charge is 0.310 e. The molecule has 0 radical (unpaired) electrons. The van der Waals surface area contributed by atoms with Crippen molar-refractivity contribution in [2.24, 2.45) is 5.41 Å². The maximum Gasteiger partial charge on any atom is 0.310 e. The van der Waals surface area contributed by atoms with Gasteiger partial charge in [0.05, 0.1) is 5.41 Å². The molecule has 0 spiro atoms. The van der Waals surface area contributed by atoms with Crippen molar-refractivity contribution in [1.29, 1.82) is 0 Å². The van der Waals surface area contributed by atoms with Crippen LogP contribution >= 0.6 is 11.6 Å². The second-order valence-electron chi connectivity index (χ2n) is 5.10. The quantitative estimate of drug-likeness (QED) is 0.884. The highest BCUT2D eigenvalue weighted by Crippen LogP contribution is 2.32. The average molecular weight is 270 g/mol. The summed E-state index contributed by atoms with van der Waals surface area (Å²) in [6, 6.07) is 4.91. The lowest BCUT2D eigenvalue weighted by Crippen LogP contribution is -2.31. The molecular formula is C13H16ClNO3. The van der Waals surface area contributed by atoms with Crippen LogP contribution < -0.4 is 0 Å². The molecule has 0 bridgehead atoms. The Morgan fingerprint density at radius 3 is 2.89 bits per heavy atom. The minimum Gasteiger partial charge on any atom is -0.508 e.